The fourth-order valence-electron chi connectivity index (χ4n) is 2.74. The Morgan fingerprint density at radius 1 is 1.03 bits per heavy atom. The van der Waals surface area contributed by atoms with Gasteiger partial charge in [-0.25, -0.2) is 9.97 Å². The van der Waals surface area contributed by atoms with Crippen LogP contribution in [0.4, 0.5) is 17.5 Å². The summed E-state index contributed by atoms with van der Waals surface area (Å²) >= 11 is 18.3. The second-order valence-corrected chi connectivity index (χ2v) is 7.53. The fraction of sp³-hybridized carbons (Fsp3) is 0.0500. The molecule has 0 spiro atoms. The van der Waals surface area contributed by atoms with Crippen LogP contribution in [0.3, 0.4) is 0 Å². The highest BCUT2D eigenvalue weighted by atomic mass is 35.5. The van der Waals surface area contributed by atoms with Crippen molar-refractivity contribution in [2.24, 2.45) is 0 Å². The minimum atomic E-state index is -0.298. The number of aryl methyl sites for hydroxylation is 1. The van der Waals surface area contributed by atoms with E-state index in [9.17, 15) is 4.79 Å². The molecule has 0 unspecified atom stereocenters. The topological polar surface area (TPSA) is 82.7 Å². The number of imidazole rings is 1. The van der Waals surface area contributed by atoms with Gasteiger partial charge in [0.2, 0.25) is 5.95 Å². The molecule has 4 rings (SSSR count). The standard InChI is InChI=1S/C20H14Cl3N5O/c1-10-7-17(24-9-14(10)23)27-19(29)11-5-6-15-16(8-11)26-20(25-15)28-18-12(21)3-2-4-13(18)22/h2-9H,1H3,(H,24,27,29)(H2,25,26,28). The first-order chi connectivity index (χ1) is 13.9. The predicted octanol–water partition coefficient (Wildman–Crippen LogP) is 6.22. The molecule has 1 amide bonds. The zero-order valence-electron chi connectivity index (χ0n) is 15.1. The fourth-order valence-corrected chi connectivity index (χ4v) is 3.33. The van der Waals surface area contributed by atoms with E-state index in [1.165, 1.54) is 6.20 Å². The normalized spacial score (nSPS) is 10.9. The van der Waals surface area contributed by atoms with Crippen LogP contribution in [0.5, 0.6) is 0 Å². The molecule has 2 aromatic heterocycles. The molecule has 3 N–H and O–H groups in total. The van der Waals surface area contributed by atoms with E-state index in [-0.39, 0.29) is 5.91 Å². The highest BCUT2D eigenvalue weighted by Crippen LogP contribution is 2.32. The number of aromatic nitrogens is 3. The predicted molar refractivity (Wildman–Crippen MR) is 118 cm³/mol. The Kier molecular flexibility index (Phi) is 5.32. The number of benzene rings is 2. The molecule has 0 atom stereocenters. The maximum Gasteiger partial charge on any atom is 0.256 e. The molecule has 29 heavy (non-hydrogen) atoms. The van der Waals surface area contributed by atoms with Crippen LogP contribution >= 0.6 is 34.8 Å². The Morgan fingerprint density at radius 2 is 1.79 bits per heavy atom. The molecule has 9 heteroatoms. The van der Waals surface area contributed by atoms with Crippen LogP contribution < -0.4 is 10.6 Å². The van der Waals surface area contributed by atoms with Crippen molar-refractivity contribution in [2.45, 2.75) is 6.92 Å². The molecule has 0 aliphatic carbocycles. The molecule has 6 nitrogen and oxygen atoms in total. The second-order valence-electron chi connectivity index (χ2n) is 6.31. The third-order valence-corrected chi connectivity index (χ3v) is 5.27. The molecular formula is C20H14Cl3N5O. The number of H-pyrrole nitrogens is 1. The number of amides is 1. The van der Waals surface area contributed by atoms with Crippen molar-refractivity contribution in [3.8, 4) is 0 Å². The minimum absolute atomic E-state index is 0.298. The van der Waals surface area contributed by atoms with Gasteiger partial charge in [-0.1, -0.05) is 40.9 Å². The van der Waals surface area contributed by atoms with Crippen LogP contribution in [0.1, 0.15) is 15.9 Å². The Morgan fingerprint density at radius 3 is 2.52 bits per heavy atom. The van der Waals surface area contributed by atoms with E-state index in [0.717, 1.165) is 11.1 Å². The third kappa shape index (κ3) is 4.15. The molecule has 0 aliphatic rings. The number of para-hydroxylation sites is 1. The number of carbonyl (C=O) groups is 1. The quantitative estimate of drug-likeness (QED) is 0.347. The van der Waals surface area contributed by atoms with Gasteiger partial charge in [0.1, 0.15) is 5.82 Å². The number of nitrogens with one attached hydrogen (secondary N) is 3. The molecule has 4 aromatic rings. The molecule has 146 valence electrons. The largest absolute Gasteiger partial charge is 0.324 e. The molecule has 0 saturated heterocycles. The van der Waals surface area contributed by atoms with Crippen molar-refractivity contribution in [3.05, 3.63) is 74.9 Å². The Hall–Kier alpha value is -2.80. The van der Waals surface area contributed by atoms with E-state index in [0.29, 0.717) is 43.6 Å². The summed E-state index contributed by atoms with van der Waals surface area (Å²) in [5, 5.41) is 7.32. The summed E-state index contributed by atoms with van der Waals surface area (Å²) in [6.45, 7) is 1.84. The number of halogens is 3. The summed E-state index contributed by atoms with van der Waals surface area (Å²) in [5.41, 5.74) is 3.20. The SMILES string of the molecule is Cc1cc(NC(=O)c2ccc3[nH]c(Nc4c(Cl)cccc4Cl)nc3c2)ncc1Cl. The smallest absolute Gasteiger partial charge is 0.256 e. The lowest BCUT2D eigenvalue weighted by atomic mass is 10.2. The average Bonchev–Trinajstić information content (AvgIpc) is 3.09. The van der Waals surface area contributed by atoms with Crippen LogP contribution in [0.25, 0.3) is 11.0 Å². The number of nitrogens with zero attached hydrogens (tertiary/aromatic N) is 2. The van der Waals surface area contributed by atoms with E-state index in [2.05, 4.69) is 25.6 Å². The highest BCUT2D eigenvalue weighted by molar-refractivity contribution is 6.39. The van der Waals surface area contributed by atoms with E-state index in [1.54, 1.807) is 42.5 Å². The van der Waals surface area contributed by atoms with Crippen LogP contribution in [0.2, 0.25) is 15.1 Å². The monoisotopic (exact) mass is 445 g/mol. The number of fused-ring (bicyclic) bond motifs is 1. The summed E-state index contributed by atoms with van der Waals surface area (Å²) < 4.78 is 0. The maximum absolute atomic E-state index is 12.6. The molecular weight excluding hydrogens is 433 g/mol. The van der Waals surface area contributed by atoms with Crippen molar-refractivity contribution in [3.63, 3.8) is 0 Å². The van der Waals surface area contributed by atoms with Crippen LogP contribution in [0.15, 0.2) is 48.7 Å². The van der Waals surface area contributed by atoms with E-state index < -0.39 is 0 Å². The number of aromatic amines is 1. The first kappa shape index (κ1) is 19.5. The van der Waals surface area contributed by atoms with Gasteiger partial charge in [0.25, 0.3) is 5.91 Å². The minimum Gasteiger partial charge on any atom is -0.324 e. The van der Waals surface area contributed by atoms with Crippen LogP contribution in [-0.4, -0.2) is 20.9 Å². The summed E-state index contributed by atoms with van der Waals surface area (Å²) in [6.07, 6.45) is 1.50. The number of anilines is 3. The summed E-state index contributed by atoms with van der Waals surface area (Å²) in [5.74, 6) is 0.588. The van der Waals surface area contributed by atoms with Gasteiger partial charge in [0.15, 0.2) is 0 Å². The van der Waals surface area contributed by atoms with Gasteiger partial charge in [-0.15, -0.1) is 0 Å². The molecule has 0 fully saturated rings. The van der Waals surface area contributed by atoms with Crippen molar-refractivity contribution in [1.29, 1.82) is 0 Å². The number of hydrogen-bond donors (Lipinski definition) is 3. The average molecular weight is 447 g/mol. The zero-order chi connectivity index (χ0) is 20.5. The molecule has 2 aromatic carbocycles. The number of rotatable bonds is 4. The lowest BCUT2D eigenvalue weighted by Crippen LogP contribution is -2.13. The maximum atomic E-state index is 12.6. The van der Waals surface area contributed by atoms with E-state index >= 15 is 0 Å². The van der Waals surface area contributed by atoms with Gasteiger partial charge >= 0.3 is 0 Å². The first-order valence-electron chi connectivity index (χ1n) is 8.55. The van der Waals surface area contributed by atoms with E-state index in [1.807, 2.05) is 6.92 Å². The Balaban J connectivity index is 1.58. The number of pyridine rings is 1. The summed E-state index contributed by atoms with van der Waals surface area (Å²) in [4.78, 5) is 24.3. The van der Waals surface area contributed by atoms with Crippen molar-refractivity contribution in [2.75, 3.05) is 10.6 Å². The highest BCUT2D eigenvalue weighted by Gasteiger charge is 2.12. The van der Waals surface area contributed by atoms with Crippen molar-refractivity contribution >= 4 is 69.2 Å². The lowest BCUT2D eigenvalue weighted by molar-refractivity contribution is 0.102. The van der Waals surface area contributed by atoms with Crippen molar-refractivity contribution in [1.82, 2.24) is 15.0 Å². The molecule has 2 heterocycles. The summed E-state index contributed by atoms with van der Waals surface area (Å²) in [6, 6.07) is 12.1. The third-order valence-electron chi connectivity index (χ3n) is 4.24. The second kappa shape index (κ2) is 7.91. The van der Waals surface area contributed by atoms with Gasteiger partial charge in [0.05, 0.1) is 31.8 Å². The Labute approximate surface area is 181 Å². The van der Waals surface area contributed by atoms with Gasteiger partial charge in [0, 0.05) is 11.8 Å². The molecule has 0 radical (unpaired) electrons. The van der Waals surface area contributed by atoms with Gasteiger partial charge in [-0.3, -0.25) is 4.79 Å². The van der Waals surface area contributed by atoms with Crippen LogP contribution in [0, 0.1) is 6.92 Å². The molecule has 0 saturated carbocycles. The molecule has 0 bridgehead atoms. The first-order valence-corrected chi connectivity index (χ1v) is 9.68. The van der Waals surface area contributed by atoms with Gasteiger partial charge in [-0.2, -0.15) is 0 Å². The number of carbonyl (C=O) groups excluding carboxylic acids is 1. The lowest BCUT2D eigenvalue weighted by Gasteiger charge is -2.06. The van der Waals surface area contributed by atoms with Crippen LogP contribution in [-0.2, 0) is 0 Å². The Bertz CT molecular complexity index is 1220. The van der Waals surface area contributed by atoms with Crippen molar-refractivity contribution < 1.29 is 4.79 Å². The summed E-state index contributed by atoms with van der Waals surface area (Å²) in [7, 11) is 0. The number of hydrogen-bond acceptors (Lipinski definition) is 4. The van der Waals surface area contributed by atoms with Gasteiger partial charge < -0.3 is 15.6 Å². The molecule has 0 aliphatic heterocycles. The zero-order valence-corrected chi connectivity index (χ0v) is 17.3. The van der Waals surface area contributed by atoms with Gasteiger partial charge in [-0.05, 0) is 48.9 Å². The van der Waals surface area contributed by atoms with E-state index in [4.69, 9.17) is 34.8 Å².